The van der Waals surface area contributed by atoms with Gasteiger partial charge in [-0.3, -0.25) is 0 Å². The molecule has 2 rings (SSSR count). The summed E-state index contributed by atoms with van der Waals surface area (Å²) in [7, 11) is 0. The highest BCUT2D eigenvalue weighted by molar-refractivity contribution is 6.93. The van der Waals surface area contributed by atoms with Crippen LogP contribution in [-0.4, -0.2) is 14.7 Å². The molecule has 0 saturated carbocycles. The molecule has 0 aromatic heterocycles. The van der Waals surface area contributed by atoms with Crippen LogP contribution in [0.3, 0.4) is 0 Å². The Balaban J connectivity index is 2.28. The summed E-state index contributed by atoms with van der Waals surface area (Å²) in [5.41, 5.74) is 1.25. The van der Waals surface area contributed by atoms with Gasteiger partial charge in [0.25, 0.3) is 0 Å². The van der Waals surface area contributed by atoms with Gasteiger partial charge in [0.1, 0.15) is 10.3 Å². The zero-order valence-corrected chi connectivity index (χ0v) is 13.7. The van der Waals surface area contributed by atoms with E-state index in [0.29, 0.717) is 11.4 Å². The average Bonchev–Trinajstić information content (AvgIpc) is 2.49. The van der Waals surface area contributed by atoms with Crippen LogP contribution in [0.15, 0.2) is 70.6 Å². The number of rotatable bonds is 4. The molecule has 0 spiro atoms. The molecule has 2 aromatic rings. The molecule has 2 nitrogen and oxygen atoms in total. The van der Waals surface area contributed by atoms with E-state index in [1.165, 1.54) is 0 Å². The number of benzene rings is 2. The summed E-state index contributed by atoms with van der Waals surface area (Å²) >= 11 is 24.5. The fourth-order valence-electron chi connectivity index (χ4n) is 1.46. The van der Waals surface area contributed by atoms with Gasteiger partial charge in [-0.2, -0.15) is 0 Å². The first-order chi connectivity index (χ1) is 10.00. The lowest BCUT2D eigenvalue weighted by molar-refractivity contribution is 1.40. The van der Waals surface area contributed by atoms with Crippen LogP contribution in [0.25, 0.3) is 0 Å². The van der Waals surface area contributed by atoms with Crippen molar-refractivity contribution in [3.8, 4) is 0 Å². The van der Waals surface area contributed by atoms with Crippen LogP contribution in [-0.2, 0) is 0 Å². The number of hydrogen-bond donors (Lipinski definition) is 0. The summed E-state index contributed by atoms with van der Waals surface area (Å²) < 4.78 is -1.70. The summed E-state index contributed by atoms with van der Waals surface area (Å²) in [6, 6.07) is 18.1. The molecule has 2 aromatic carbocycles. The number of para-hydroxylation sites is 2. The van der Waals surface area contributed by atoms with Gasteiger partial charge in [-0.15, -0.1) is 0 Å². The van der Waals surface area contributed by atoms with Gasteiger partial charge in [0.2, 0.25) is 4.33 Å². The molecule has 0 aliphatic carbocycles. The molecular weight excluding hydrogens is 350 g/mol. The zero-order valence-electron chi connectivity index (χ0n) is 10.7. The van der Waals surface area contributed by atoms with E-state index in [2.05, 4.69) is 9.98 Å². The molecule has 0 atom stereocenters. The summed E-state index contributed by atoms with van der Waals surface area (Å²) in [4.78, 5) is 8.29. The second kappa shape index (κ2) is 7.28. The highest BCUT2D eigenvalue weighted by Crippen LogP contribution is 2.32. The van der Waals surface area contributed by atoms with Crippen LogP contribution in [0.5, 0.6) is 0 Å². The SMILES string of the molecule is ClC(=Nc1ccccc1)C(Cl)(Cl)C(Cl)=Nc1ccccc1. The van der Waals surface area contributed by atoms with E-state index in [4.69, 9.17) is 46.4 Å². The quantitative estimate of drug-likeness (QED) is 0.465. The normalized spacial score (nSPS) is 13.3. The second-order valence-electron chi connectivity index (χ2n) is 4.05. The van der Waals surface area contributed by atoms with Crippen LogP contribution in [0.4, 0.5) is 11.4 Å². The van der Waals surface area contributed by atoms with Gasteiger partial charge in [0, 0.05) is 0 Å². The Labute approximate surface area is 143 Å². The third-order valence-corrected chi connectivity index (χ3v) is 4.32. The molecule has 0 bridgehead atoms. The monoisotopic (exact) mass is 358 g/mol. The maximum atomic E-state index is 6.18. The second-order valence-corrected chi connectivity index (χ2v) is 6.09. The number of nitrogens with zero attached hydrogens (tertiary/aromatic N) is 2. The first-order valence-electron chi connectivity index (χ1n) is 5.97. The van der Waals surface area contributed by atoms with Crippen molar-refractivity contribution < 1.29 is 0 Å². The Bertz CT molecular complexity index is 594. The Kier molecular flexibility index (Phi) is 5.65. The van der Waals surface area contributed by atoms with E-state index in [1.807, 2.05) is 36.4 Å². The van der Waals surface area contributed by atoms with Gasteiger partial charge < -0.3 is 0 Å². The summed E-state index contributed by atoms with van der Waals surface area (Å²) in [6.07, 6.45) is 0. The average molecular weight is 360 g/mol. The Morgan fingerprint density at radius 2 is 1.00 bits per heavy atom. The van der Waals surface area contributed by atoms with Gasteiger partial charge in [-0.1, -0.05) is 82.8 Å². The summed E-state index contributed by atoms with van der Waals surface area (Å²) in [5.74, 6) is 0. The third kappa shape index (κ3) is 4.45. The molecule has 0 fully saturated rings. The van der Waals surface area contributed by atoms with E-state index in [9.17, 15) is 0 Å². The van der Waals surface area contributed by atoms with E-state index < -0.39 is 4.33 Å². The molecule has 0 amide bonds. The molecule has 0 aliphatic rings. The van der Waals surface area contributed by atoms with Crippen LogP contribution in [0, 0.1) is 0 Å². The van der Waals surface area contributed by atoms with Gasteiger partial charge in [-0.05, 0) is 24.3 Å². The first-order valence-corrected chi connectivity index (χ1v) is 7.48. The van der Waals surface area contributed by atoms with Gasteiger partial charge in [0.05, 0.1) is 11.4 Å². The fourth-order valence-corrected chi connectivity index (χ4v) is 2.05. The smallest absolute Gasteiger partial charge is 0.222 e. The molecule has 0 heterocycles. The number of aliphatic imine (C=N–C) groups is 2. The Hall–Kier alpha value is -1.06. The van der Waals surface area contributed by atoms with Crippen molar-refractivity contribution in [1.29, 1.82) is 0 Å². The molecule has 0 aliphatic heterocycles. The van der Waals surface area contributed by atoms with Gasteiger partial charge >= 0.3 is 0 Å². The van der Waals surface area contributed by atoms with Crippen LogP contribution < -0.4 is 0 Å². The standard InChI is InChI=1S/C15H10Cl4N2/c16-13(20-11-7-3-1-4-8-11)15(18,19)14(17)21-12-9-5-2-6-10-12/h1-10H. The van der Waals surface area contributed by atoms with Crippen molar-refractivity contribution in [2.45, 2.75) is 4.33 Å². The summed E-state index contributed by atoms with van der Waals surface area (Å²) in [6.45, 7) is 0. The Morgan fingerprint density at radius 3 is 1.33 bits per heavy atom. The highest BCUT2D eigenvalue weighted by Gasteiger charge is 2.36. The topological polar surface area (TPSA) is 24.7 Å². The van der Waals surface area contributed by atoms with Crippen LogP contribution in [0.1, 0.15) is 0 Å². The lowest BCUT2D eigenvalue weighted by Crippen LogP contribution is -2.28. The van der Waals surface area contributed by atoms with Gasteiger partial charge in [-0.25, -0.2) is 9.98 Å². The lowest BCUT2D eigenvalue weighted by Gasteiger charge is -2.15. The molecule has 0 radical (unpaired) electrons. The van der Waals surface area contributed by atoms with Crippen molar-refractivity contribution in [1.82, 2.24) is 0 Å². The highest BCUT2D eigenvalue weighted by atomic mass is 35.5. The largest absolute Gasteiger partial charge is 0.237 e. The Morgan fingerprint density at radius 1 is 0.667 bits per heavy atom. The molecular formula is C15H10Cl4N2. The van der Waals surface area contributed by atoms with E-state index in [1.54, 1.807) is 24.3 Å². The minimum absolute atomic E-state index is 0.0679. The number of hydrogen-bond acceptors (Lipinski definition) is 2. The van der Waals surface area contributed by atoms with Crippen molar-refractivity contribution in [2.24, 2.45) is 9.98 Å². The third-order valence-electron chi connectivity index (χ3n) is 2.49. The minimum Gasteiger partial charge on any atom is -0.237 e. The molecule has 108 valence electrons. The van der Waals surface area contributed by atoms with Crippen molar-refractivity contribution in [3.05, 3.63) is 60.7 Å². The number of halogens is 4. The van der Waals surface area contributed by atoms with Crippen molar-refractivity contribution in [2.75, 3.05) is 0 Å². The van der Waals surface area contributed by atoms with Crippen LogP contribution >= 0.6 is 46.4 Å². The van der Waals surface area contributed by atoms with Gasteiger partial charge in [0.15, 0.2) is 0 Å². The first kappa shape index (κ1) is 16.3. The molecule has 0 saturated heterocycles. The van der Waals surface area contributed by atoms with E-state index >= 15 is 0 Å². The fraction of sp³-hybridized carbons (Fsp3) is 0.0667. The van der Waals surface area contributed by atoms with E-state index in [-0.39, 0.29) is 10.3 Å². The van der Waals surface area contributed by atoms with Crippen molar-refractivity contribution >= 4 is 68.1 Å². The number of alkyl halides is 2. The maximum absolute atomic E-state index is 6.18. The molecule has 21 heavy (non-hydrogen) atoms. The molecule has 6 heteroatoms. The predicted molar refractivity (Wildman–Crippen MR) is 93.2 cm³/mol. The van der Waals surface area contributed by atoms with E-state index in [0.717, 1.165) is 0 Å². The zero-order chi connectivity index (χ0) is 15.3. The lowest BCUT2D eigenvalue weighted by atomic mass is 10.3. The molecule has 0 N–H and O–H groups in total. The summed E-state index contributed by atoms with van der Waals surface area (Å²) in [5, 5.41) is -0.136. The minimum atomic E-state index is -1.70. The van der Waals surface area contributed by atoms with Crippen molar-refractivity contribution in [3.63, 3.8) is 0 Å². The van der Waals surface area contributed by atoms with Crippen LogP contribution in [0.2, 0.25) is 0 Å². The molecule has 0 unspecified atom stereocenters. The predicted octanol–water partition coefficient (Wildman–Crippen LogP) is 6.10. The maximum Gasteiger partial charge on any atom is 0.222 e.